The second-order valence-corrected chi connectivity index (χ2v) is 4.55. The zero-order chi connectivity index (χ0) is 13.5. The van der Waals surface area contributed by atoms with Gasteiger partial charge in [-0.2, -0.15) is 0 Å². The average Bonchev–Trinajstić information content (AvgIpc) is 2.91. The van der Waals surface area contributed by atoms with Gasteiger partial charge in [-0.25, -0.2) is 4.98 Å². The summed E-state index contributed by atoms with van der Waals surface area (Å²) in [6.07, 6.45) is 1.66. The molecule has 0 saturated heterocycles. The molecule has 0 aliphatic heterocycles. The van der Waals surface area contributed by atoms with Crippen molar-refractivity contribution in [3.05, 3.63) is 71.1 Å². The topological polar surface area (TPSA) is 48.0 Å². The maximum atomic E-state index is 12.1. The molecule has 4 heteroatoms. The summed E-state index contributed by atoms with van der Waals surface area (Å²) in [4.78, 5) is 16.4. The van der Waals surface area contributed by atoms with E-state index in [2.05, 4.69) is 4.98 Å². The van der Waals surface area contributed by atoms with Crippen LogP contribution in [-0.2, 0) is 0 Å². The van der Waals surface area contributed by atoms with Gasteiger partial charge in [0, 0.05) is 6.07 Å². The van der Waals surface area contributed by atoms with Crippen molar-refractivity contribution in [2.45, 2.75) is 0 Å². The van der Waals surface area contributed by atoms with Crippen LogP contribution in [0.5, 0.6) is 0 Å². The van der Waals surface area contributed by atoms with E-state index >= 15 is 0 Å². The molecular formula is C16H10N2O2. The molecule has 4 rings (SSSR count). The average molecular weight is 262 g/mol. The monoisotopic (exact) mass is 262 g/mol. The summed E-state index contributed by atoms with van der Waals surface area (Å²) >= 11 is 0. The van der Waals surface area contributed by atoms with E-state index in [4.69, 9.17) is 4.42 Å². The molecular weight excluding hydrogens is 252 g/mol. The fourth-order valence-corrected chi connectivity index (χ4v) is 2.34. The highest BCUT2D eigenvalue weighted by Gasteiger charge is 2.09. The number of fused-ring (bicyclic) bond motifs is 2. The first-order chi connectivity index (χ1) is 9.83. The second-order valence-electron chi connectivity index (χ2n) is 4.55. The van der Waals surface area contributed by atoms with Gasteiger partial charge in [-0.1, -0.05) is 24.3 Å². The minimum atomic E-state index is -0.0559. The zero-order valence-corrected chi connectivity index (χ0v) is 10.5. The fraction of sp³-hybridized carbons (Fsp3) is 0. The molecule has 4 nitrogen and oxygen atoms in total. The molecule has 0 saturated carbocycles. The zero-order valence-electron chi connectivity index (χ0n) is 10.5. The Kier molecular flexibility index (Phi) is 2.23. The number of nitrogens with zero attached hydrogens (tertiary/aromatic N) is 2. The van der Waals surface area contributed by atoms with Gasteiger partial charge in [0.25, 0.3) is 0 Å². The largest absolute Gasteiger partial charge is 0.440 e. The lowest BCUT2D eigenvalue weighted by atomic mass is 10.2. The maximum absolute atomic E-state index is 12.1. The standard InChI is InChI=1S/C16H10N2O2/c19-14-9-16(20-15-8-4-1-5-11(14)15)18-10-17-12-6-2-3-7-13(12)18/h1-10H. The summed E-state index contributed by atoms with van der Waals surface area (Å²) in [5, 5.41) is 0.584. The van der Waals surface area contributed by atoms with Crippen LogP contribution in [0.25, 0.3) is 27.9 Å². The van der Waals surface area contributed by atoms with E-state index in [-0.39, 0.29) is 5.43 Å². The Balaban J connectivity index is 2.05. The Bertz CT molecular complexity index is 982. The Morgan fingerprint density at radius 1 is 1.00 bits per heavy atom. The molecule has 0 spiro atoms. The third-order valence-corrected chi connectivity index (χ3v) is 3.31. The molecule has 4 aromatic rings. The van der Waals surface area contributed by atoms with Gasteiger partial charge in [0.1, 0.15) is 11.9 Å². The smallest absolute Gasteiger partial charge is 0.209 e. The number of imidazole rings is 1. The van der Waals surface area contributed by atoms with Crippen LogP contribution in [0.4, 0.5) is 0 Å². The normalized spacial score (nSPS) is 11.2. The van der Waals surface area contributed by atoms with Gasteiger partial charge in [0.05, 0.1) is 16.4 Å². The van der Waals surface area contributed by atoms with Crippen LogP contribution < -0.4 is 5.43 Å². The van der Waals surface area contributed by atoms with Crippen molar-refractivity contribution in [3.8, 4) is 5.88 Å². The second kappa shape index (κ2) is 4.06. The molecule has 0 fully saturated rings. The highest BCUT2D eigenvalue weighted by molar-refractivity contribution is 5.79. The Morgan fingerprint density at radius 2 is 1.80 bits per heavy atom. The maximum Gasteiger partial charge on any atom is 0.209 e. The first-order valence-electron chi connectivity index (χ1n) is 6.28. The van der Waals surface area contributed by atoms with E-state index in [1.165, 1.54) is 6.07 Å². The third-order valence-electron chi connectivity index (χ3n) is 3.31. The molecule has 2 heterocycles. The van der Waals surface area contributed by atoms with Crippen LogP contribution in [0.3, 0.4) is 0 Å². The van der Waals surface area contributed by atoms with E-state index < -0.39 is 0 Å². The molecule has 0 N–H and O–H groups in total. The minimum Gasteiger partial charge on any atom is -0.440 e. The van der Waals surface area contributed by atoms with Crippen LogP contribution in [0.2, 0.25) is 0 Å². The van der Waals surface area contributed by atoms with E-state index in [9.17, 15) is 4.79 Å². The molecule has 0 unspecified atom stereocenters. The van der Waals surface area contributed by atoms with Gasteiger partial charge in [-0.15, -0.1) is 0 Å². The molecule has 0 atom stereocenters. The van der Waals surface area contributed by atoms with Crippen LogP contribution in [0.1, 0.15) is 0 Å². The van der Waals surface area contributed by atoms with Gasteiger partial charge < -0.3 is 4.42 Å². The van der Waals surface area contributed by atoms with Crippen LogP contribution in [0, 0.1) is 0 Å². The number of rotatable bonds is 1. The quantitative estimate of drug-likeness (QED) is 0.529. The summed E-state index contributed by atoms with van der Waals surface area (Å²) in [5.74, 6) is 0.474. The molecule has 0 aliphatic rings. The van der Waals surface area contributed by atoms with Gasteiger partial charge in [0.2, 0.25) is 5.88 Å². The predicted molar refractivity (Wildman–Crippen MR) is 77.1 cm³/mol. The summed E-state index contributed by atoms with van der Waals surface area (Å²) in [6.45, 7) is 0. The summed E-state index contributed by atoms with van der Waals surface area (Å²) < 4.78 is 7.60. The SMILES string of the molecule is O=c1cc(-n2cnc3ccccc32)oc2ccccc12. The van der Waals surface area contributed by atoms with Crippen molar-refractivity contribution in [1.29, 1.82) is 0 Å². The number of hydrogen-bond acceptors (Lipinski definition) is 3. The first kappa shape index (κ1) is 11.0. The van der Waals surface area contributed by atoms with Crippen molar-refractivity contribution in [2.24, 2.45) is 0 Å². The van der Waals surface area contributed by atoms with Crippen molar-refractivity contribution in [3.63, 3.8) is 0 Å². The van der Waals surface area contributed by atoms with E-state index in [0.29, 0.717) is 16.9 Å². The fourth-order valence-electron chi connectivity index (χ4n) is 2.34. The van der Waals surface area contributed by atoms with Crippen LogP contribution >= 0.6 is 0 Å². The number of aromatic nitrogens is 2. The first-order valence-corrected chi connectivity index (χ1v) is 6.28. The third kappa shape index (κ3) is 1.55. The molecule has 2 aromatic carbocycles. The van der Waals surface area contributed by atoms with Gasteiger partial charge >= 0.3 is 0 Å². The molecule has 20 heavy (non-hydrogen) atoms. The van der Waals surface area contributed by atoms with Gasteiger partial charge in [-0.05, 0) is 24.3 Å². The summed E-state index contributed by atoms with van der Waals surface area (Å²) in [7, 11) is 0. The summed E-state index contributed by atoms with van der Waals surface area (Å²) in [6, 6.07) is 16.4. The lowest BCUT2D eigenvalue weighted by molar-refractivity contribution is 0.571. The van der Waals surface area contributed by atoms with Crippen LogP contribution in [-0.4, -0.2) is 9.55 Å². The lowest BCUT2D eigenvalue weighted by Gasteiger charge is -2.04. The van der Waals surface area contributed by atoms with Crippen LogP contribution in [0.15, 0.2) is 70.1 Å². The van der Waals surface area contributed by atoms with E-state index in [1.54, 1.807) is 23.0 Å². The molecule has 96 valence electrons. The van der Waals surface area contributed by atoms with Crippen molar-refractivity contribution in [2.75, 3.05) is 0 Å². The molecule has 0 radical (unpaired) electrons. The van der Waals surface area contributed by atoms with Crippen molar-refractivity contribution in [1.82, 2.24) is 9.55 Å². The van der Waals surface area contributed by atoms with Gasteiger partial charge in [0.15, 0.2) is 5.43 Å². The van der Waals surface area contributed by atoms with E-state index in [1.807, 2.05) is 36.4 Å². The molecule has 2 aromatic heterocycles. The molecule has 0 amide bonds. The Labute approximate surface area is 113 Å². The predicted octanol–water partition coefficient (Wildman–Crippen LogP) is 3.13. The summed E-state index contributed by atoms with van der Waals surface area (Å²) in [5.41, 5.74) is 2.29. The number of hydrogen-bond donors (Lipinski definition) is 0. The Hall–Kier alpha value is -2.88. The highest BCUT2D eigenvalue weighted by atomic mass is 16.3. The number of benzene rings is 2. The van der Waals surface area contributed by atoms with Crippen molar-refractivity contribution >= 4 is 22.0 Å². The molecule has 0 bridgehead atoms. The number of para-hydroxylation sites is 3. The van der Waals surface area contributed by atoms with Crippen molar-refractivity contribution < 1.29 is 4.42 Å². The molecule has 0 aliphatic carbocycles. The minimum absolute atomic E-state index is 0.0559. The lowest BCUT2D eigenvalue weighted by Crippen LogP contribution is -2.03. The van der Waals surface area contributed by atoms with E-state index in [0.717, 1.165) is 11.0 Å². The Morgan fingerprint density at radius 3 is 2.75 bits per heavy atom. The highest BCUT2D eigenvalue weighted by Crippen LogP contribution is 2.19. The van der Waals surface area contributed by atoms with Gasteiger partial charge in [-0.3, -0.25) is 9.36 Å².